The van der Waals surface area contributed by atoms with Crippen LogP contribution in [0, 0.1) is 6.92 Å². The van der Waals surface area contributed by atoms with Gasteiger partial charge in [-0.3, -0.25) is 4.90 Å². The Morgan fingerprint density at radius 2 is 2.14 bits per heavy atom. The van der Waals surface area contributed by atoms with Crippen LogP contribution in [0.5, 0.6) is 0 Å². The molecule has 1 aromatic heterocycles. The van der Waals surface area contributed by atoms with Gasteiger partial charge in [0, 0.05) is 19.1 Å². The number of rotatable bonds is 3. The van der Waals surface area contributed by atoms with Crippen LogP contribution in [-0.4, -0.2) is 29.5 Å². The number of aryl methyl sites for hydroxylation is 1. The molecule has 1 aliphatic rings. The third-order valence-corrected chi connectivity index (χ3v) is 4.18. The minimum absolute atomic E-state index is 0.213. The molecule has 1 fully saturated rings. The molecule has 1 N–H and O–H groups in total. The van der Waals surface area contributed by atoms with Gasteiger partial charge in [0.1, 0.15) is 5.76 Å². The zero-order valence-corrected chi connectivity index (χ0v) is 12.7. The SMILES string of the molecule is Cc1cnc(C(C)N2CCCNC(c3ccccc3)C2)o1. The van der Waals surface area contributed by atoms with Gasteiger partial charge in [-0.05, 0) is 32.4 Å². The molecule has 1 saturated heterocycles. The van der Waals surface area contributed by atoms with E-state index in [0.29, 0.717) is 6.04 Å². The molecule has 2 atom stereocenters. The van der Waals surface area contributed by atoms with E-state index in [1.165, 1.54) is 5.56 Å². The molecule has 0 spiro atoms. The summed E-state index contributed by atoms with van der Waals surface area (Å²) in [6, 6.07) is 11.2. The van der Waals surface area contributed by atoms with E-state index in [2.05, 4.69) is 52.5 Å². The van der Waals surface area contributed by atoms with Crippen molar-refractivity contribution in [2.24, 2.45) is 0 Å². The first kappa shape index (κ1) is 14.3. The molecular weight excluding hydrogens is 262 g/mol. The van der Waals surface area contributed by atoms with Gasteiger partial charge in [0.25, 0.3) is 0 Å². The van der Waals surface area contributed by atoms with Gasteiger partial charge in [0.15, 0.2) is 0 Å². The lowest BCUT2D eigenvalue weighted by atomic mass is 10.1. The van der Waals surface area contributed by atoms with Gasteiger partial charge in [-0.1, -0.05) is 30.3 Å². The Morgan fingerprint density at radius 3 is 2.86 bits per heavy atom. The predicted octanol–water partition coefficient (Wildman–Crippen LogP) is 3.08. The van der Waals surface area contributed by atoms with Crippen LogP contribution in [0.15, 0.2) is 40.9 Å². The normalized spacial score (nSPS) is 21.9. The summed E-state index contributed by atoms with van der Waals surface area (Å²) in [5.74, 6) is 1.70. The molecule has 2 heterocycles. The average molecular weight is 285 g/mol. The Balaban J connectivity index is 1.76. The van der Waals surface area contributed by atoms with Crippen LogP contribution in [0.25, 0.3) is 0 Å². The van der Waals surface area contributed by atoms with E-state index >= 15 is 0 Å². The van der Waals surface area contributed by atoms with E-state index in [9.17, 15) is 0 Å². The van der Waals surface area contributed by atoms with Crippen LogP contribution in [0.2, 0.25) is 0 Å². The summed E-state index contributed by atoms with van der Waals surface area (Å²) in [5, 5.41) is 3.65. The van der Waals surface area contributed by atoms with Crippen molar-refractivity contribution in [1.29, 1.82) is 0 Å². The summed E-state index contributed by atoms with van der Waals surface area (Å²) in [6.45, 7) is 7.22. The van der Waals surface area contributed by atoms with Crippen LogP contribution in [0.3, 0.4) is 0 Å². The standard InChI is InChI=1S/C17H23N3O/c1-13-11-19-17(21-13)14(2)20-10-6-9-18-16(12-20)15-7-4-3-5-8-15/h3-5,7-8,11,14,16,18H,6,9-10,12H2,1-2H3. The topological polar surface area (TPSA) is 41.3 Å². The molecule has 0 saturated carbocycles. The smallest absolute Gasteiger partial charge is 0.211 e. The molecule has 1 aliphatic heterocycles. The number of benzene rings is 1. The molecule has 0 bridgehead atoms. The van der Waals surface area contributed by atoms with Gasteiger partial charge in [-0.2, -0.15) is 0 Å². The number of nitrogens with zero attached hydrogens (tertiary/aromatic N) is 2. The highest BCUT2D eigenvalue weighted by molar-refractivity contribution is 5.19. The van der Waals surface area contributed by atoms with Crippen molar-refractivity contribution >= 4 is 0 Å². The third-order valence-electron chi connectivity index (χ3n) is 4.18. The lowest BCUT2D eigenvalue weighted by molar-refractivity contribution is 0.179. The zero-order chi connectivity index (χ0) is 14.7. The Bertz CT molecular complexity index is 566. The third kappa shape index (κ3) is 3.34. The van der Waals surface area contributed by atoms with Gasteiger partial charge in [0.2, 0.25) is 5.89 Å². The molecule has 21 heavy (non-hydrogen) atoms. The summed E-state index contributed by atoms with van der Waals surface area (Å²) in [5.41, 5.74) is 1.35. The fourth-order valence-electron chi connectivity index (χ4n) is 2.93. The van der Waals surface area contributed by atoms with Gasteiger partial charge < -0.3 is 9.73 Å². The van der Waals surface area contributed by atoms with Gasteiger partial charge in [-0.15, -0.1) is 0 Å². The second kappa shape index (κ2) is 6.41. The van der Waals surface area contributed by atoms with Crippen molar-refractivity contribution in [3.63, 3.8) is 0 Å². The maximum absolute atomic E-state index is 5.71. The lowest BCUT2D eigenvalue weighted by Gasteiger charge is -2.28. The minimum Gasteiger partial charge on any atom is -0.444 e. The largest absolute Gasteiger partial charge is 0.444 e. The number of hydrogen-bond acceptors (Lipinski definition) is 4. The Morgan fingerprint density at radius 1 is 1.33 bits per heavy atom. The molecule has 0 aliphatic carbocycles. The lowest BCUT2D eigenvalue weighted by Crippen LogP contribution is -2.33. The summed E-state index contributed by atoms with van der Waals surface area (Å²) in [4.78, 5) is 6.85. The Kier molecular flexibility index (Phi) is 4.36. The molecule has 3 rings (SSSR count). The van der Waals surface area contributed by atoms with Crippen molar-refractivity contribution in [2.45, 2.75) is 32.4 Å². The van der Waals surface area contributed by atoms with Crippen molar-refractivity contribution in [1.82, 2.24) is 15.2 Å². The monoisotopic (exact) mass is 285 g/mol. The summed E-state index contributed by atoms with van der Waals surface area (Å²) in [7, 11) is 0. The average Bonchev–Trinajstić information content (AvgIpc) is 2.81. The molecule has 4 heteroatoms. The van der Waals surface area contributed by atoms with E-state index in [0.717, 1.165) is 37.7 Å². The first-order valence-electron chi connectivity index (χ1n) is 7.69. The first-order valence-corrected chi connectivity index (χ1v) is 7.69. The molecule has 2 aromatic rings. The molecule has 0 amide bonds. The number of nitrogens with one attached hydrogen (secondary N) is 1. The highest BCUT2D eigenvalue weighted by Crippen LogP contribution is 2.25. The van der Waals surface area contributed by atoms with Crippen LogP contribution in [0.4, 0.5) is 0 Å². The second-order valence-electron chi connectivity index (χ2n) is 5.75. The van der Waals surface area contributed by atoms with Gasteiger partial charge in [-0.25, -0.2) is 4.98 Å². The maximum atomic E-state index is 5.71. The van der Waals surface area contributed by atoms with Crippen LogP contribution in [0.1, 0.15) is 42.6 Å². The summed E-state index contributed by atoms with van der Waals surface area (Å²) >= 11 is 0. The number of aromatic nitrogens is 1. The van der Waals surface area contributed by atoms with Crippen LogP contribution >= 0.6 is 0 Å². The predicted molar refractivity (Wildman–Crippen MR) is 83.0 cm³/mol. The van der Waals surface area contributed by atoms with Crippen molar-refractivity contribution < 1.29 is 4.42 Å². The molecule has 2 unspecified atom stereocenters. The summed E-state index contributed by atoms with van der Waals surface area (Å²) < 4.78 is 5.71. The van der Waals surface area contributed by atoms with E-state index < -0.39 is 0 Å². The highest BCUT2D eigenvalue weighted by Gasteiger charge is 2.25. The fraction of sp³-hybridized carbons (Fsp3) is 0.471. The van der Waals surface area contributed by atoms with Crippen molar-refractivity contribution in [2.75, 3.05) is 19.6 Å². The van der Waals surface area contributed by atoms with E-state index in [1.54, 1.807) is 6.20 Å². The van der Waals surface area contributed by atoms with Crippen molar-refractivity contribution in [3.8, 4) is 0 Å². The molecule has 112 valence electrons. The summed E-state index contributed by atoms with van der Waals surface area (Å²) in [6.07, 6.45) is 2.95. The second-order valence-corrected chi connectivity index (χ2v) is 5.75. The van der Waals surface area contributed by atoms with E-state index in [1.807, 2.05) is 6.92 Å². The molecule has 4 nitrogen and oxygen atoms in total. The van der Waals surface area contributed by atoms with Crippen LogP contribution < -0.4 is 5.32 Å². The quantitative estimate of drug-likeness (QED) is 0.941. The molecule has 0 radical (unpaired) electrons. The van der Waals surface area contributed by atoms with Crippen LogP contribution in [-0.2, 0) is 0 Å². The zero-order valence-electron chi connectivity index (χ0n) is 12.7. The minimum atomic E-state index is 0.213. The first-order chi connectivity index (χ1) is 10.2. The molecule has 1 aromatic carbocycles. The van der Waals surface area contributed by atoms with Crippen molar-refractivity contribution in [3.05, 3.63) is 53.7 Å². The van der Waals surface area contributed by atoms with Gasteiger partial charge >= 0.3 is 0 Å². The van der Waals surface area contributed by atoms with E-state index in [-0.39, 0.29) is 6.04 Å². The number of oxazole rings is 1. The fourth-order valence-corrected chi connectivity index (χ4v) is 2.93. The highest BCUT2D eigenvalue weighted by atomic mass is 16.4. The van der Waals surface area contributed by atoms with Gasteiger partial charge in [0.05, 0.1) is 12.2 Å². The number of hydrogen-bond donors (Lipinski definition) is 1. The maximum Gasteiger partial charge on any atom is 0.211 e. The Hall–Kier alpha value is -1.65. The van der Waals surface area contributed by atoms with E-state index in [4.69, 9.17) is 4.42 Å². The Labute approximate surface area is 126 Å². The molecular formula is C17H23N3O.